The van der Waals surface area contributed by atoms with Crippen molar-refractivity contribution in [1.29, 1.82) is 5.26 Å². The van der Waals surface area contributed by atoms with Gasteiger partial charge in [-0.05, 0) is 80.8 Å². The quantitative estimate of drug-likeness (QED) is 0.179. The first-order valence-electron chi connectivity index (χ1n) is 12.1. The average molecular weight is 600 g/mol. The zero-order valence-electron chi connectivity index (χ0n) is 21.1. The lowest BCUT2D eigenvalue weighted by Gasteiger charge is -2.21. The van der Waals surface area contributed by atoms with Crippen LogP contribution in [-0.4, -0.2) is 63.8 Å². The third-order valence-corrected chi connectivity index (χ3v) is 9.79. The van der Waals surface area contributed by atoms with Gasteiger partial charge in [-0.25, -0.2) is 17.4 Å². The summed E-state index contributed by atoms with van der Waals surface area (Å²) in [6.07, 6.45) is 0.815. The van der Waals surface area contributed by atoms with Gasteiger partial charge in [0.25, 0.3) is 10.0 Å². The average Bonchev–Trinajstić information content (AvgIpc) is 3.33. The first kappa shape index (κ1) is 30.9. The monoisotopic (exact) mass is 599 g/mol. The van der Waals surface area contributed by atoms with E-state index in [4.69, 9.17) is 26.0 Å². The maximum atomic E-state index is 13.7. The molecule has 0 saturated heterocycles. The predicted molar refractivity (Wildman–Crippen MR) is 148 cm³/mol. The van der Waals surface area contributed by atoms with Gasteiger partial charge < -0.3 is 25.6 Å². The van der Waals surface area contributed by atoms with Crippen LogP contribution < -0.4 is 25.5 Å². The summed E-state index contributed by atoms with van der Waals surface area (Å²) in [5, 5.41) is 9.41. The Morgan fingerprint density at radius 1 is 1.08 bits per heavy atom. The molecule has 6 N–H and O–H groups in total. The molecule has 1 heterocycles. The van der Waals surface area contributed by atoms with E-state index in [0.717, 1.165) is 55.5 Å². The molecule has 0 aliphatic rings. The van der Waals surface area contributed by atoms with E-state index < -0.39 is 29.7 Å². The van der Waals surface area contributed by atoms with Crippen LogP contribution in [0.4, 0.5) is 4.39 Å². The number of sulfonamides is 1. The molecule has 0 bridgehead atoms. The van der Waals surface area contributed by atoms with Gasteiger partial charge in [0.2, 0.25) is 0 Å². The fourth-order valence-corrected chi connectivity index (χ4v) is 7.48. The summed E-state index contributed by atoms with van der Waals surface area (Å²) in [6, 6.07) is 11.3. The molecule has 1 atom stereocenters. The van der Waals surface area contributed by atoms with E-state index in [1.54, 1.807) is 24.3 Å². The smallest absolute Gasteiger partial charge is 0.391 e. The predicted octanol–water partition coefficient (Wildman–Crippen LogP) is 2.79. The highest BCUT2D eigenvalue weighted by Gasteiger charge is 2.27. The topological polar surface area (TPSA) is 181 Å². The molecule has 0 aliphatic heterocycles. The van der Waals surface area contributed by atoms with Gasteiger partial charge in [-0.3, -0.25) is 4.90 Å². The van der Waals surface area contributed by atoms with Gasteiger partial charge >= 0.3 is 7.60 Å². The lowest BCUT2D eigenvalue weighted by Crippen LogP contribution is -2.32. The minimum Gasteiger partial charge on any atom is -0.492 e. The maximum absolute atomic E-state index is 13.7. The molecule has 15 heteroatoms. The number of nitrogens with one attached hydrogen (secondary N) is 1. The Balaban J connectivity index is 1.61. The molecule has 212 valence electrons. The zero-order valence-corrected chi connectivity index (χ0v) is 23.6. The number of fused-ring (bicyclic) bond motifs is 1. The Labute approximate surface area is 230 Å². The summed E-state index contributed by atoms with van der Waals surface area (Å²) in [4.78, 5) is 12.3. The Morgan fingerprint density at radius 3 is 2.41 bits per heavy atom. The summed E-state index contributed by atoms with van der Waals surface area (Å²) in [7, 11) is -8.68. The Hall–Kier alpha value is -2.60. The molecule has 3 rings (SSSR count). The van der Waals surface area contributed by atoms with Crippen LogP contribution in [0.1, 0.15) is 18.4 Å². The van der Waals surface area contributed by atoms with Crippen LogP contribution in [0.25, 0.3) is 10.1 Å². The van der Waals surface area contributed by atoms with Crippen molar-refractivity contribution >= 4 is 39.0 Å². The summed E-state index contributed by atoms with van der Waals surface area (Å²) in [5.41, 5.74) is 11.0. The van der Waals surface area contributed by atoms with Crippen LogP contribution in [-0.2, 0) is 14.6 Å². The van der Waals surface area contributed by atoms with E-state index in [1.807, 2.05) is 0 Å². The van der Waals surface area contributed by atoms with Crippen molar-refractivity contribution in [1.82, 2.24) is 9.62 Å². The molecule has 2 aromatic carbocycles. The molecular formula is C24H31FN5O6PS2. The third-order valence-electron chi connectivity index (χ3n) is 5.53. The van der Waals surface area contributed by atoms with Gasteiger partial charge in [0.1, 0.15) is 40.5 Å². The van der Waals surface area contributed by atoms with Crippen LogP contribution in [0.5, 0.6) is 11.5 Å². The van der Waals surface area contributed by atoms with Crippen LogP contribution in [0.15, 0.2) is 46.7 Å². The molecular weight excluding hydrogens is 568 g/mol. The van der Waals surface area contributed by atoms with Gasteiger partial charge in [-0.1, -0.05) is 0 Å². The highest BCUT2D eigenvalue weighted by molar-refractivity contribution is 7.92. The molecule has 11 nitrogen and oxygen atoms in total. The molecule has 1 unspecified atom stereocenters. The van der Waals surface area contributed by atoms with E-state index in [9.17, 15) is 22.3 Å². The van der Waals surface area contributed by atoms with Gasteiger partial charge in [0, 0.05) is 17.3 Å². The van der Waals surface area contributed by atoms with Crippen molar-refractivity contribution < 1.29 is 31.5 Å². The fourth-order valence-electron chi connectivity index (χ4n) is 3.56. The first-order valence-corrected chi connectivity index (χ1v) is 16.1. The summed E-state index contributed by atoms with van der Waals surface area (Å²) in [5.74, 6) is -0.662. The van der Waals surface area contributed by atoms with Crippen LogP contribution in [0, 0.1) is 17.1 Å². The van der Waals surface area contributed by atoms with Crippen LogP contribution >= 0.6 is 18.9 Å². The molecule has 0 aliphatic carbocycles. The number of halogens is 1. The Bertz CT molecular complexity index is 1450. The third kappa shape index (κ3) is 9.23. The van der Waals surface area contributed by atoms with E-state index in [-0.39, 0.29) is 15.5 Å². The highest BCUT2D eigenvalue weighted by atomic mass is 32.2. The Morgan fingerprint density at radius 2 is 1.77 bits per heavy atom. The number of hydrogen-bond acceptors (Lipinski definition) is 10. The minimum absolute atomic E-state index is 0.0613. The van der Waals surface area contributed by atoms with E-state index in [1.165, 1.54) is 6.07 Å². The number of nitrogens with two attached hydrogens (primary N) is 2. The summed E-state index contributed by atoms with van der Waals surface area (Å²) in [6.45, 7) is 4.06. The van der Waals surface area contributed by atoms with Crippen molar-refractivity contribution in [3.8, 4) is 17.6 Å². The number of nitriles is 1. The lowest BCUT2D eigenvalue weighted by molar-refractivity contribution is 0.207. The molecule has 0 amide bonds. The van der Waals surface area contributed by atoms with Crippen molar-refractivity contribution in [3.63, 3.8) is 0 Å². The maximum Gasteiger partial charge on any atom is 0.391 e. The standard InChI is InChI=1S/C24H31FN5O6PS2/c25-22-15-21(4-3-18(22)16-28)36-37(31,32)17-29-39(33,34)24-14-19-13-20(5-6-23(19)38-24)35-12-11-30(9-1-7-26)10-2-8-27/h3-6,13-15,29H,1-2,7-12,17,26-27H2,(H,31,32). The van der Waals surface area contributed by atoms with Crippen molar-refractivity contribution in [2.45, 2.75) is 17.1 Å². The van der Waals surface area contributed by atoms with Gasteiger partial charge in [-0.15, -0.1) is 11.3 Å². The minimum atomic E-state index is -4.53. The summed E-state index contributed by atoms with van der Waals surface area (Å²) < 4.78 is 65.2. The second-order valence-electron chi connectivity index (χ2n) is 8.53. The van der Waals surface area contributed by atoms with E-state index >= 15 is 0 Å². The van der Waals surface area contributed by atoms with Gasteiger partial charge in [0.15, 0.2) is 0 Å². The van der Waals surface area contributed by atoms with Crippen molar-refractivity contribution in [3.05, 3.63) is 53.8 Å². The second-order valence-corrected chi connectivity index (χ2v) is 13.4. The molecule has 0 saturated carbocycles. The Kier molecular flexibility index (Phi) is 11.2. The molecule has 0 fully saturated rings. The SMILES string of the molecule is N#Cc1ccc(OP(=O)(O)CNS(=O)(=O)c2cc3cc(OCCN(CCCN)CCCN)ccc3s2)cc1F. The first-order chi connectivity index (χ1) is 18.6. The van der Waals surface area contributed by atoms with Gasteiger partial charge in [-0.2, -0.15) is 9.98 Å². The van der Waals surface area contributed by atoms with E-state index in [2.05, 4.69) is 9.62 Å². The van der Waals surface area contributed by atoms with E-state index in [0.29, 0.717) is 42.1 Å². The van der Waals surface area contributed by atoms with Crippen molar-refractivity contribution in [2.24, 2.45) is 11.5 Å². The number of hydrogen-bond donors (Lipinski definition) is 4. The molecule has 1 aromatic heterocycles. The normalized spacial score (nSPS) is 13.3. The molecule has 0 radical (unpaired) electrons. The lowest BCUT2D eigenvalue weighted by atomic mass is 10.2. The van der Waals surface area contributed by atoms with Crippen molar-refractivity contribution in [2.75, 3.05) is 45.6 Å². The van der Waals surface area contributed by atoms with Crippen LogP contribution in [0.3, 0.4) is 0 Å². The highest BCUT2D eigenvalue weighted by Crippen LogP contribution is 2.42. The van der Waals surface area contributed by atoms with Crippen LogP contribution in [0.2, 0.25) is 0 Å². The zero-order chi connectivity index (χ0) is 28.5. The molecule has 3 aromatic rings. The number of nitrogens with zero attached hydrogens (tertiary/aromatic N) is 2. The molecule has 0 spiro atoms. The second kappa shape index (κ2) is 14.2. The summed E-state index contributed by atoms with van der Waals surface area (Å²) >= 11 is 0.990. The largest absolute Gasteiger partial charge is 0.492 e. The number of ether oxygens (including phenoxy) is 1. The molecule has 39 heavy (non-hydrogen) atoms. The fraction of sp³-hybridized carbons (Fsp3) is 0.375. The van der Waals surface area contributed by atoms with Gasteiger partial charge in [0.05, 0.1) is 5.56 Å². The number of thiophene rings is 1. The number of benzene rings is 2. The number of rotatable bonds is 16.